The molecule has 0 radical (unpaired) electrons. The molecule has 0 heterocycles. The highest BCUT2D eigenvalue weighted by atomic mass is 35.5. The summed E-state index contributed by atoms with van der Waals surface area (Å²) in [5.74, 6) is 0. The molecular weight excluding hydrogens is 216 g/mol. The summed E-state index contributed by atoms with van der Waals surface area (Å²) in [5, 5.41) is 0.771. The van der Waals surface area contributed by atoms with Crippen molar-refractivity contribution in [3.05, 3.63) is 70.2 Å². The first-order valence-electron chi connectivity index (χ1n) is 5.25. The topological polar surface area (TPSA) is 0 Å². The van der Waals surface area contributed by atoms with Crippen molar-refractivity contribution in [1.82, 2.24) is 0 Å². The van der Waals surface area contributed by atoms with Crippen LogP contribution in [0.2, 0.25) is 5.02 Å². The minimum Gasteiger partial charge on any atom is -0.0843 e. The first-order chi connectivity index (χ1) is 7.75. The molecular formula is C15H13Cl. The van der Waals surface area contributed by atoms with Crippen molar-refractivity contribution in [3.8, 4) is 0 Å². The monoisotopic (exact) mass is 228 g/mol. The molecule has 0 nitrogen and oxygen atoms in total. The summed E-state index contributed by atoms with van der Waals surface area (Å²) >= 11 is 5.83. The van der Waals surface area contributed by atoms with E-state index in [2.05, 4.69) is 43.3 Å². The van der Waals surface area contributed by atoms with E-state index in [1.165, 1.54) is 11.1 Å². The van der Waals surface area contributed by atoms with Crippen LogP contribution in [0.1, 0.15) is 16.7 Å². The van der Waals surface area contributed by atoms with Gasteiger partial charge in [0.1, 0.15) is 0 Å². The van der Waals surface area contributed by atoms with Gasteiger partial charge >= 0.3 is 0 Å². The lowest BCUT2D eigenvalue weighted by Crippen LogP contribution is -1.78. The highest BCUT2D eigenvalue weighted by Gasteiger charge is 1.91. The van der Waals surface area contributed by atoms with E-state index in [4.69, 9.17) is 11.6 Å². The third-order valence-electron chi connectivity index (χ3n) is 2.51. The van der Waals surface area contributed by atoms with Crippen LogP contribution in [0.15, 0.2) is 48.5 Å². The second-order valence-electron chi connectivity index (χ2n) is 3.74. The van der Waals surface area contributed by atoms with E-state index in [1.807, 2.05) is 24.3 Å². The molecule has 0 aliphatic carbocycles. The zero-order chi connectivity index (χ0) is 11.4. The summed E-state index contributed by atoms with van der Waals surface area (Å²) < 4.78 is 0. The average molecular weight is 229 g/mol. The zero-order valence-corrected chi connectivity index (χ0v) is 9.91. The fourth-order valence-corrected chi connectivity index (χ4v) is 1.66. The third kappa shape index (κ3) is 2.74. The molecule has 16 heavy (non-hydrogen) atoms. The highest BCUT2D eigenvalue weighted by molar-refractivity contribution is 6.30. The molecule has 1 heteroatoms. The van der Waals surface area contributed by atoms with Gasteiger partial charge in [0.2, 0.25) is 0 Å². The summed E-state index contributed by atoms with van der Waals surface area (Å²) in [7, 11) is 0. The molecule has 0 spiro atoms. The highest BCUT2D eigenvalue weighted by Crippen LogP contribution is 2.14. The Balaban J connectivity index is 2.21. The standard InChI is InChI=1S/C15H13Cl/c1-12-4-2-3-5-14(12)9-6-13-7-10-15(16)11-8-13/h2-11H,1H3/b9-6+. The van der Waals surface area contributed by atoms with Crippen LogP contribution in [0, 0.1) is 6.92 Å². The van der Waals surface area contributed by atoms with Crippen molar-refractivity contribution < 1.29 is 0 Å². The van der Waals surface area contributed by atoms with Gasteiger partial charge in [-0.1, -0.05) is 60.2 Å². The number of rotatable bonds is 2. The molecule has 0 amide bonds. The van der Waals surface area contributed by atoms with Crippen LogP contribution in [0.25, 0.3) is 12.2 Å². The number of halogens is 1. The Kier molecular flexibility index (Phi) is 3.43. The van der Waals surface area contributed by atoms with Crippen LogP contribution in [0.3, 0.4) is 0 Å². The Labute approximate surface area is 101 Å². The van der Waals surface area contributed by atoms with Crippen LogP contribution in [0.4, 0.5) is 0 Å². The molecule has 0 N–H and O–H groups in total. The van der Waals surface area contributed by atoms with Gasteiger partial charge in [-0.2, -0.15) is 0 Å². The molecule has 0 aliphatic heterocycles. The van der Waals surface area contributed by atoms with Gasteiger partial charge in [-0.15, -0.1) is 0 Å². The van der Waals surface area contributed by atoms with E-state index in [0.29, 0.717) is 0 Å². The van der Waals surface area contributed by atoms with Crippen LogP contribution in [-0.4, -0.2) is 0 Å². The molecule has 80 valence electrons. The van der Waals surface area contributed by atoms with Crippen molar-refractivity contribution in [3.63, 3.8) is 0 Å². The van der Waals surface area contributed by atoms with E-state index in [1.54, 1.807) is 0 Å². The predicted octanol–water partition coefficient (Wildman–Crippen LogP) is 4.82. The molecule has 0 fully saturated rings. The maximum atomic E-state index is 5.83. The lowest BCUT2D eigenvalue weighted by atomic mass is 10.1. The van der Waals surface area contributed by atoms with Gasteiger partial charge in [0.15, 0.2) is 0 Å². The van der Waals surface area contributed by atoms with Crippen molar-refractivity contribution in [2.24, 2.45) is 0 Å². The zero-order valence-electron chi connectivity index (χ0n) is 9.15. The lowest BCUT2D eigenvalue weighted by Gasteiger charge is -1.98. The molecule has 0 unspecified atom stereocenters. The van der Waals surface area contributed by atoms with E-state index >= 15 is 0 Å². The van der Waals surface area contributed by atoms with Crippen LogP contribution >= 0.6 is 11.6 Å². The molecule has 0 atom stereocenters. The van der Waals surface area contributed by atoms with Gasteiger partial charge in [0.05, 0.1) is 0 Å². The first kappa shape index (κ1) is 11.0. The molecule has 2 rings (SSSR count). The SMILES string of the molecule is Cc1ccccc1/C=C/c1ccc(Cl)cc1. The fraction of sp³-hybridized carbons (Fsp3) is 0.0667. The third-order valence-corrected chi connectivity index (χ3v) is 2.77. The molecule has 0 saturated heterocycles. The van der Waals surface area contributed by atoms with E-state index in [-0.39, 0.29) is 0 Å². The van der Waals surface area contributed by atoms with Gasteiger partial charge in [0.25, 0.3) is 0 Å². The summed E-state index contributed by atoms with van der Waals surface area (Å²) in [4.78, 5) is 0. The second-order valence-corrected chi connectivity index (χ2v) is 4.18. The van der Waals surface area contributed by atoms with Crippen molar-refractivity contribution in [2.45, 2.75) is 6.92 Å². The molecule has 0 aromatic heterocycles. The second kappa shape index (κ2) is 5.00. The summed E-state index contributed by atoms with van der Waals surface area (Å²) in [6.45, 7) is 2.11. The number of aryl methyl sites for hydroxylation is 1. The normalized spacial score (nSPS) is 10.9. The van der Waals surface area contributed by atoms with E-state index in [9.17, 15) is 0 Å². The maximum absolute atomic E-state index is 5.83. The first-order valence-corrected chi connectivity index (χ1v) is 5.63. The molecule has 0 aliphatic rings. The Hall–Kier alpha value is -1.53. The van der Waals surface area contributed by atoms with Gasteiger partial charge in [-0.3, -0.25) is 0 Å². The van der Waals surface area contributed by atoms with Gasteiger partial charge in [-0.05, 0) is 35.7 Å². The minimum absolute atomic E-state index is 0.771. The Morgan fingerprint density at radius 3 is 2.25 bits per heavy atom. The molecule has 2 aromatic rings. The smallest absolute Gasteiger partial charge is 0.0406 e. The van der Waals surface area contributed by atoms with Crippen LogP contribution in [-0.2, 0) is 0 Å². The Bertz CT molecular complexity index is 495. The predicted molar refractivity (Wildman–Crippen MR) is 71.6 cm³/mol. The molecule has 0 bridgehead atoms. The molecule has 2 aromatic carbocycles. The fourth-order valence-electron chi connectivity index (χ4n) is 1.53. The quantitative estimate of drug-likeness (QED) is 0.647. The lowest BCUT2D eigenvalue weighted by molar-refractivity contribution is 1.45. The Morgan fingerprint density at radius 2 is 1.56 bits per heavy atom. The summed E-state index contributed by atoms with van der Waals surface area (Å²) in [6.07, 6.45) is 4.22. The maximum Gasteiger partial charge on any atom is 0.0406 e. The Morgan fingerprint density at radius 1 is 0.875 bits per heavy atom. The van der Waals surface area contributed by atoms with Crippen molar-refractivity contribution >= 4 is 23.8 Å². The summed E-state index contributed by atoms with van der Waals surface area (Å²) in [6, 6.07) is 16.2. The number of benzene rings is 2. The van der Waals surface area contributed by atoms with Gasteiger partial charge in [0, 0.05) is 5.02 Å². The summed E-state index contributed by atoms with van der Waals surface area (Å²) in [5.41, 5.74) is 3.69. The van der Waals surface area contributed by atoms with Crippen molar-refractivity contribution in [2.75, 3.05) is 0 Å². The number of hydrogen-bond acceptors (Lipinski definition) is 0. The van der Waals surface area contributed by atoms with E-state index < -0.39 is 0 Å². The molecule has 0 saturated carbocycles. The largest absolute Gasteiger partial charge is 0.0843 e. The van der Waals surface area contributed by atoms with Crippen LogP contribution in [0.5, 0.6) is 0 Å². The van der Waals surface area contributed by atoms with Crippen molar-refractivity contribution in [1.29, 1.82) is 0 Å². The van der Waals surface area contributed by atoms with Crippen LogP contribution < -0.4 is 0 Å². The minimum atomic E-state index is 0.771. The van der Waals surface area contributed by atoms with Gasteiger partial charge < -0.3 is 0 Å². The van der Waals surface area contributed by atoms with E-state index in [0.717, 1.165) is 10.6 Å². The number of hydrogen-bond donors (Lipinski definition) is 0. The van der Waals surface area contributed by atoms with Gasteiger partial charge in [-0.25, -0.2) is 0 Å². The average Bonchev–Trinajstić information content (AvgIpc) is 2.30.